The Morgan fingerprint density at radius 2 is 2.00 bits per heavy atom. The van der Waals surface area contributed by atoms with Crippen molar-refractivity contribution in [2.45, 2.75) is 37.6 Å². The number of rotatable bonds is 5. The summed E-state index contributed by atoms with van der Waals surface area (Å²) in [7, 11) is -1.76. The van der Waals surface area contributed by atoms with Crippen LogP contribution in [0.4, 0.5) is 5.82 Å². The monoisotopic (exact) mass is 257 g/mol. The van der Waals surface area contributed by atoms with E-state index in [4.69, 9.17) is 0 Å². The number of sulfonamides is 1. The van der Waals surface area contributed by atoms with Gasteiger partial charge in [-0.1, -0.05) is 6.92 Å². The average Bonchev–Trinajstić information content (AvgIpc) is 2.28. The Labute approximate surface area is 103 Å². The van der Waals surface area contributed by atoms with Crippen molar-refractivity contribution in [2.24, 2.45) is 0 Å². The van der Waals surface area contributed by atoms with Gasteiger partial charge in [-0.3, -0.25) is 0 Å². The highest BCUT2D eigenvalue weighted by atomic mass is 32.2. The van der Waals surface area contributed by atoms with Crippen molar-refractivity contribution in [1.29, 1.82) is 0 Å². The molecule has 0 radical (unpaired) electrons. The van der Waals surface area contributed by atoms with Crippen molar-refractivity contribution in [1.82, 2.24) is 9.71 Å². The maximum Gasteiger partial charge on any atom is 0.242 e. The zero-order chi connectivity index (χ0) is 13.1. The van der Waals surface area contributed by atoms with E-state index in [2.05, 4.69) is 15.0 Å². The zero-order valence-electron chi connectivity index (χ0n) is 10.6. The van der Waals surface area contributed by atoms with Crippen LogP contribution in [0.25, 0.3) is 0 Å². The van der Waals surface area contributed by atoms with Gasteiger partial charge in [0.25, 0.3) is 0 Å². The molecule has 0 saturated carbocycles. The molecule has 17 heavy (non-hydrogen) atoms. The third-order valence-electron chi connectivity index (χ3n) is 2.60. The molecule has 5 nitrogen and oxygen atoms in total. The molecule has 0 atom stereocenters. The van der Waals surface area contributed by atoms with Gasteiger partial charge >= 0.3 is 0 Å². The van der Waals surface area contributed by atoms with Gasteiger partial charge in [0.2, 0.25) is 10.0 Å². The fourth-order valence-corrected chi connectivity index (χ4v) is 2.61. The number of pyridine rings is 1. The van der Waals surface area contributed by atoms with Crippen LogP contribution in [0.2, 0.25) is 0 Å². The van der Waals surface area contributed by atoms with Crippen molar-refractivity contribution in [3.63, 3.8) is 0 Å². The van der Waals surface area contributed by atoms with E-state index in [1.807, 2.05) is 20.8 Å². The van der Waals surface area contributed by atoms with Gasteiger partial charge in [-0.05, 0) is 32.4 Å². The van der Waals surface area contributed by atoms with Crippen LogP contribution in [0.15, 0.2) is 23.2 Å². The van der Waals surface area contributed by atoms with Crippen LogP contribution in [0.5, 0.6) is 0 Å². The molecule has 0 aliphatic heterocycles. The van der Waals surface area contributed by atoms with Crippen LogP contribution in [-0.4, -0.2) is 26.0 Å². The zero-order valence-corrected chi connectivity index (χ0v) is 11.4. The lowest BCUT2D eigenvalue weighted by molar-refractivity contribution is 0.439. The molecule has 2 N–H and O–H groups in total. The molecular weight excluding hydrogens is 238 g/mol. The molecule has 1 aromatic heterocycles. The molecule has 0 aliphatic rings. The number of nitrogens with zero attached hydrogens (tertiary/aromatic N) is 1. The summed E-state index contributed by atoms with van der Waals surface area (Å²) in [5.74, 6) is 0.638. The third kappa shape index (κ3) is 3.67. The normalized spacial score (nSPS) is 12.5. The van der Waals surface area contributed by atoms with Gasteiger partial charge in [0.05, 0.1) is 0 Å². The molecule has 0 fully saturated rings. The molecular formula is C11H19N3O2S. The Morgan fingerprint density at radius 3 is 2.41 bits per heavy atom. The van der Waals surface area contributed by atoms with Gasteiger partial charge in [-0.2, -0.15) is 0 Å². The molecule has 0 saturated heterocycles. The van der Waals surface area contributed by atoms with E-state index in [0.29, 0.717) is 12.2 Å². The second-order valence-corrected chi connectivity index (χ2v) is 6.15. The van der Waals surface area contributed by atoms with Crippen molar-refractivity contribution < 1.29 is 8.42 Å². The van der Waals surface area contributed by atoms with Crippen molar-refractivity contribution in [3.8, 4) is 0 Å². The van der Waals surface area contributed by atoms with E-state index in [0.717, 1.165) is 0 Å². The SMILES string of the molecule is CCC(C)(C)NS(=O)(=O)c1ccc(NC)nc1. The highest BCUT2D eigenvalue weighted by Gasteiger charge is 2.24. The Kier molecular flexibility index (Phi) is 4.11. The first-order valence-electron chi connectivity index (χ1n) is 5.48. The summed E-state index contributed by atoms with van der Waals surface area (Å²) in [4.78, 5) is 4.17. The minimum atomic E-state index is -3.50. The maximum absolute atomic E-state index is 12.0. The predicted molar refractivity (Wildman–Crippen MR) is 68.5 cm³/mol. The second-order valence-electron chi connectivity index (χ2n) is 4.47. The molecule has 0 aliphatic carbocycles. The highest BCUT2D eigenvalue weighted by molar-refractivity contribution is 7.89. The van der Waals surface area contributed by atoms with E-state index in [1.165, 1.54) is 12.3 Å². The quantitative estimate of drug-likeness (QED) is 0.840. The summed E-state index contributed by atoms with van der Waals surface area (Å²) in [5, 5.41) is 2.84. The maximum atomic E-state index is 12.0. The van der Waals surface area contributed by atoms with E-state index in [9.17, 15) is 8.42 Å². The van der Waals surface area contributed by atoms with Crippen LogP contribution in [0.1, 0.15) is 27.2 Å². The third-order valence-corrected chi connectivity index (χ3v) is 4.28. The van der Waals surface area contributed by atoms with Gasteiger partial charge in [-0.15, -0.1) is 0 Å². The van der Waals surface area contributed by atoms with Crippen LogP contribution in [-0.2, 0) is 10.0 Å². The standard InChI is InChI=1S/C11H19N3O2S/c1-5-11(2,3)14-17(15,16)9-6-7-10(12-4)13-8-9/h6-8,14H,5H2,1-4H3,(H,12,13). The molecule has 0 spiro atoms. The van der Waals surface area contributed by atoms with Crippen LogP contribution < -0.4 is 10.0 Å². The molecule has 0 bridgehead atoms. The summed E-state index contributed by atoms with van der Waals surface area (Å²) in [6.07, 6.45) is 2.06. The van der Waals surface area contributed by atoms with E-state index in [1.54, 1.807) is 13.1 Å². The number of anilines is 1. The largest absolute Gasteiger partial charge is 0.373 e. The molecule has 0 amide bonds. The van der Waals surface area contributed by atoms with Gasteiger partial charge < -0.3 is 5.32 Å². The molecule has 0 aromatic carbocycles. The first-order chi connectivity index (χ1) is 7.80. The Bertz CT molecular complexity index is 466. The van der Waals surface area contributed by atoms with Crippen molar-refractivity contribution in [2.75, 3.05) is 12.4 Å². The minimum absolute atomic E-state index is 0.179. The summed E-state index contributed by atoms with van der Waals surface area (Å²) in [6.45, 7) is 5.63. The summed E-state index contributed by atoms with van der Waals surface area (Å²) in [6, 6.07) is 3.17. The molecule has 96 valence electrons. The van der Waals surface area contributed by atoms with Gasteiger partial charge in [0.1, 0.15) is 10.7 Å². The highest BCUT2D eigenvalue weighted by Crippen LogP contribution is 2.15. The lowest BCUT2D eigenvalue weighted by atomic mass is 10.0. The van der Waals surface area contributed by atoms with Crippen LogP contribution in [0.3, 0.4) is 0 Å². The van der Waals surface area contributed by atoms with Crippen molar-refractivity contribution in [3.05, 3.63) is 18.3 Å². The molecule has 0 unspecified atom stereocenters. The Morgan fingerprint density at radius 1 is 1.35 bits per heavy atom. The number of nitrogens with one attached hydrogen (secondary N) is 2. The molecule has 1 aromatic rings. The van der Waals surface area contributed by atoms with Gasteiger partial charge in [-0.25, -0.2) is 18.1 Å². The lowest BCUT2D eigenvalue weighted by Gasteiger charge is -2.24. The summed E-state index contributed by atoms with van der Waals surface area (Å²) < 4.78 is 26.7. The van der Waals surface area contributed by atoms with Gasteiger partial charge in [0, 0.05) is 18.8 Å². The fourth-order valence-electron chi connectivity index (χ4n) is 1.18. The lowest BCUT2D eigenvalue weighted by Crippen LogP contribution is -2.42. The first-order valence-corrected chi connectivity index (χ1v) is 6.97. The van der Waals surface area contributed by atoms with E-state index in [-0.39, 0.29) is 4.90 Å². The summed E-state index contributed by atoms with van der Waals surface area (Å²) >= 11 is 0. The van der Waals surface area contributed by atoms with E-state index < -0.39 is 15.6 Å². The topological polar surface area (TPSA) is 71.1 Å². The fraction of sp³-hybridized carbons (Fsp3) is 0.545. The van der Waals surface area contributed by atoms with E-state index >= 15 is 0 Å². The number of hydrogen-bond acceptors (Lipinski definition) is 4. The second kappa shape index (κ2) is 5.01. The summed E-state index contributed by atoms with van der Waals surface area (Å²) in [5.41, 5.74) is -0.458. The van der Waals surface area contributed by atoms with Crippen LogP contribution in [0, 0.1) is 0 Å². The number of aromatic nitrogens is 1. The van der Waals surface area contributed by atoms with Gasteiger partial charge in [0.15, 0.2) is 0 Å². The number of hydrogen-bond donors (Lipinski definition) is 2. The molecule has 1 heterocycles. The smallest absolute Gasteiger partial charge is 0.242 e. The van der Waals surface area contributed by atoms with Crippen molar-refractivity contribution >= 4 is 15.8 Å². The van der Waals surface area contributed by atoms with Crippen LogP contribution >= 0.6 is 0 Å². The first kappa shape index (κ1) is 13.9. The average molecular weight is 257 g/mol. The molecule has 1 rings (SSSR count). The Balaban J connectivity index is 2.97. The molecule has 6 heteroatoms. The minimum Gasteiger partial charge on any atom is -0.373 e. The predicted octanol–water partition coefficient (Wildman–Crippen LogP) is 1.59. The Hall–Kier alpha value is -1.14.